The average molecular weight is 410 g/mol. The van der Waals surface area contributed by atoms with Gasteiger partial charge in [-0.1, -0.05) is 40.2 Å². The number of unbranched alkanes of at least 4 members (excludes halogenated alkanes) is 1. The summed E-state index contributed by atoms with van der Waals surface area (Å²) in [5, 5.41) is 5.68. The van der Waals surface area contributed by atoms with Crippen molar-refractivity contribution in [1.82, 2.24) is 0 Å². The molecule has 30 heavy (non-hydrogen) atoms. The van der Waals surface area contributed by atoms with Gasteiger partial charge in [0.05, 0.1) is 6.61 Å². The predicted molar refractivity (Wildman–Crippen MR) is 121 cm³/mol. The molecule has 1 aliphatic heterocycles. The number of ether oxygens (including phenoxy) is 1. The predicted octanol–water partition coefficient (Wildman–Crippen LogP) is 5.44. The fourth-order valence-electron chi connectivity index (χ4n) is 3.34. The molecule has 0 saturated carbocycles. The van der Waals surface area contributed by atoms with E-state index in [9.17, 15) is 9.59 Å². The molecule has 0 saturated heterocycles. The monoisotopic (exact) mass is 409 g/mol. The molecule has 0 atom stereocenters. The van der Waals surface area contributed by atoms with Gasteiger partial charge >= 0.3 is 6.03 Å². The second-order valence-electron chi connectivity index (χ2n) is 8.61. The van der Waals surface area contributed by atoms with E-state index in [2.05, 4.69) is 17.6 Å². The number of carbonyl (C=O) groups excluding carboxylic acids is 2. The number of benzene rings is 2. The highest BCUT2D eigenvalue weighted by atomic mass is 16.5. The fourth-order valence-corrected chi connectivity index (χ4v) is 3.34. The number of amides is 3. The summed E-state index contributed by atoms with van der Waals surface area (Å²) in [4.78, 5) is 27.0. The van der Waals surface area contributed by atoms with Crippen molar-refractivity contribution in [3.05, 3.63) is 48.0 Å². The number of urea groups is 1. The lowest BCUT2D eigenvalue weighted by Crippen LogP contribution is -2.38. The maximum atomic E-state index is 12.7. The van der Waals surface area contributed by atoms with Crippen LogP contribution >= 0.6 is 0 Å². The first-order valence-electron chi connectivity index (χ1n) is 10.5. The molecule has 160 valence electrons. The number of carbonyl (C=O) groups is 2. The van der Waals surface area contributed by atoms with Gasteiger partial charge in [0, 0.05) is 29.0 Å². The third-order valence-electron chi connectivity index (χ3n) is 5.00. The Morgan fingerprint density at radius 3 is 2.37 bits per heavy atom. The van der Waals surface area contributed by atoms with E-state index in [0.717, 1.165) is 36.3 Å². The molecule has 0 spiro atoms. The minimum atomic E-state index is -0.450. The van der Waals surface area contributed by atoms with E-state index in [4.69, 9.17) is 4.74 Å². The molecule has 1 aliphatic rings. The Morgan fingerprint density at radius 2 is 1.70 bits per heavy atom. The zero-order chi connectivity index (χ0) is 21.7. The third kappa shape index (κ3) is 5.32. The first kappa shape index (κ1) is 21.7. The van der Waals surface area contributed by atoms with Crippen LogP contribution in [0.1, 0.15) is 46.1 Å². The Bertz CT molecular complexity index is 901. The van der Waals surface area contributed by atoms with Gasteiger partial charge < -0.3 is 20.3 Å². The van der Waals surface area contributed by atoms with Crippen molar-refractivity contribution in [1.29, 1.82) is 0 Å². The molecule has 2 N–H and O–H groups in total. The van der Waals surface area contributed by atoms with Crippen LogP contribution in [0.2, 0.25) is 0 Å². The SMILES string of the molecule is CCCCOc1ccc(NC(=O)Nc2ccc3c(c2)N(C(=O)C(C)(C)C)CC3)cc1. The van der Waals surface area contributed by atoms with Crippen molar-refractivity contribution in [2.24, 2.45) is 5.41 Å². The normalized spacial score (nSPS) is 13.0. The van der Waals surface area contributed by atoms with Crippen LogP contribution in [-0.4, -0.2) is 25.1 Å². The number of rotatable bonds is 6. The topological polar surface area (TPSA) is 70.7 Å². The highest BCUT2D eigenvalue weighted by molar-refractivity contribution is 6.02. The molecule has 2 aromatic carbocycles. The standard InChI is InChI=1S/C24H31N3O3/c1-5-6-15-30-20-11-9-18(10-12-20)25-23(29)26-19-8-7-17-13-14-27(21(17)16-19)22(28)24(2,3)4/h7-12,16H,5-6,13-15H2,1-4H3,(H2,25,26,29). The Balaban J connectivity index is 1.62. The highest BCUT2D eigenvalue weighted by Gasteiger charge is 2.32. The maximum Gasteiger partial charge on any atom is 0.323 e. The summed E-state index contributed by atoms with van der Waals surface area (Å²) in [7, 11) is 0. The van der Waals surface area contributed by atoms with Crippen LogP contribution in [0, 0.1) is 5.41 Å². The first-order valence-corrected chi connectivity index (χ1v) is 10.5. The molecule has 6 heteroatoms. The lowest BCUT2D eigenvalue weighted by molar-refractivity contribution is -0.125. The Hall–Kier alpha value is -3.02. The number of hydrogen-bond acceptors (Lipinski definition) is 3. The van der Waals surface area contributed by atoms with Crippen LogP contribution in [0.15, 0.2) is 42.5 Å². The molecule has 0 aromatic heterocycles. The molecule has 0 radical (unpaired) electrons. The van der Waals surface area contributed by atoms with Crippen LogP contribution in [0.3, 0.4) is 0 Å². The molecular weight excluding hydrogens is 378 g/mol. The maximum absolute atomic E-state index is 12.7. The summed E-state index contributed by atoms with van der Waals surface area (Å²) in [6.45, 7) is 9.25. The van der Waals surface area contributed by atoms with Crippen LogP contribution in [0.5, 0.6) is 5.75 Å². The Kier molecular flexibility index (Phi) is 6.65. The second-order valence-corrected chi connectivity index (χ2v) is 8.61. The van der Waals surface area contributed by atoms with Crippen LogP contribution < -0.4 is 20.3 Å². The number of anilines is 3. The van der Waals surface area contributed by atoms with Gasteiger partial charge in [-0.15, -0.1) is 0 Å². The van der Waals surface area contributed by atoms with E-state index < -0.39 is 5.41 Å². The number of hydrogen-bond donors (Lipinski definition) is 2. The van der Waals surface area contributed by atoms with Crippen LogP contribution in [0.4, 0.5) is 21.9 Å². The zero-order valence-electron chi connectivity index (χ0n) is 18.2. The minimum absolute atomic E-state index is 0.0871. The lowest BCUT2D eigenvalue weighted by atomic mass is 9.94. The van der Waals surface area contributed by atoms with Gasteiger partial charge in [0.1, 0.15) is 5.75 Å². The van der Waals surface area contributed by atoms with Crippen molar-refractivity contribution >= 4 is 29.0 Å². The summed E-state index contributed by atoms with van der Waals surface area (Å²) in [6.07, 6.45) is 2.93. The largest absolute Gasteiger partial charge is 0.494 e. The van der Waals surface area contributed by atoms with Gasteiger partial charge in [-0.2, -0.15) is 0 Å². The molecule has 3 amide bonds. The van der Waals surface area contributed by atoms with E-state index in [1.165, 1.54) is 0 Å². The molecule has 3 rings (SSSR count). The van der Waals surface area contributed by atoms with E-state index in [0.29, 0.717) is 24.5 Å². The summed E-state index contributed by atoms with van der Waals surface area (Å²) >= 11 is 0. The summed E-state index contributed by atoms with van der Waals surface area (Å²) < 4.78 is 5.64. The van der Waals surface area contributed by atoms with Gasteiger partial charge in [-0.25, -0.2) is 4.79 Å². The third-order valence-corrected chi connectivity index (χ3v) is 5.00. The molecule has 0 unspecified atom stereocenters. The quantitative estimate of drug-likeness (QED) is 0.624. The zero-order valence-corrected chi connectivity index (χ0v) is 18.2. The minimum Gasteiger partial charge on any atom is -0.494 e. The van der Waals surface area contributed by atoms with Gasteiger partial charge in [0.2, 0.25) is 5.91 Å². The molecule has 1 heterocycles. The summed E-state index contributed by atoms with van der Waals surface area (Å²) in [5.41, 5.74) is 2.88. The van der Waals surface area contributed by atoms with Crippen molar-refractivity contribution < 1.29 is 14.3 Å². The molecule has 0 fully saturated rings. The molecule has 6 nitrogen and oxygen atoms in total. The smallest absolute Gasteiger partial charge is 0.323 e. The van der Waals surface area contributed by atoms with Crippen molar-refractivity contribution in [3.63, 3.8) is 0 Å². The number of nitrogens with one attached hydrogen (secondary N) is 2. The molecule has 0 bridgehead atoms. The van der Waals surface area contributed by atoms with Crippen LogP contribution in [-0.2, 0) is 11.2 Å². The van der Waals surface area contributed by atoms with E-state index >= 15 is 0 Å². The van der Waals surface area contributed by atoms with Crippen molar-refractivity contribution in [2.45, 2.75) is 47.0 Å². The lowest BCUT2D eigenvalue weighted by Gasteiger charge is -2.26. The summed E-state index contributed by atoms with van der Waals surface area (Å²) in [5.74, 6) is 0.876. The fraction of sp³-hybridized carbons (Fsp3) is 0.417. The average Bonchev–Trinajstić information content (AvgIpc) is 3.11. The highest BCUT2D eigenvalue weighted by Crippen LogP contribution is 2.34. The Labute approximate surface area is 178 Å². The van der Waals surface area contributed by atoms with Gasteiger partial charge in [0.15, 0.2) is 0 Å². The van der Waals surface area contributed by atoms with Crippen LogP contribution in [0.25, 0.3) is 0 Å². The van der Waals surface area contributed by atoms with Gasteiger partial charge in [0.25, 0.3) is 0 Å². The molecular formula is C24H31N3O3. The van der Waals surface area contributed by atoms with Gasteiger partial charge in [-0.05, 0) is 54.8 Å². The molecule has 2 aromatic rings. The van der Waals surface area contributed by atoms with E-state index in [1.807, 2.05) is 68.1 Å². The first-order chi connectivity index (χ1) is 14.3. The Morgan fingerprint density at radius 1 is 1.03 bits per heavy atom. The van der Waals surface area contributed by atoms with E-state index in [-0.39, 0.29) is 11.9 Å². The van der Waals surface area contributed by atoms with Crippen molar-refractivity contribution in [3.8, 4) is 5.75 Å². The van der Waals surface area contributed by atoms with Gasteiger partial charge in [-0.3, -0.25) is 4.79 Å². The molecule has 0 aliphatic carbocycles. The number of nitrogens with zero attached hydrogens (tertiary/aromatic N) is 1. The van der Waals surface area contributed by atoms with Crippen molar-refractivity contribution in [2.75, 3.05) is 28.7 Å². The van der Waals surface area contributed by atoms with E-state index in [1.54, 1.807) is 0 Å². The second kappa shape index (κ2) is 9.20. The summed E-state index contributed by atoms with van der Waals surface area (Å²) in [6, 6.07) is 12.7. The number of fused-ring (bicyclic) bond motifs is 1.